The molecular formula is C16H15NO2. The number of aromatic carboxylic acids is 1. The van der Waals surface area contributed by atoms with Crippen molar-refractivity contribution in [3.63, 3.8) is 0 Å². The van der Waals surface area contributed by atoms with Crippen molar-refractivity contribution in [2.24, 2.45) is 0 Å². The van der Waals surface area contributed by atoms with E-state index in [9.17, 15) is 4.79 Å². The molecule has 2 aromatic carbocycles. The van der Waals surface area contributed by atoms with E-state index in [-0.39, 0.29) is 0 Å². The lowest BCUT2D eigenvalue weighted by atomic mass is 10.0. The zero-order valence-corrected chi connectivity index (χ0v) is 10.5. The number of hydrogen-bond acceptors (Lipinski definition) is 2. The Hall–Kier alpha value is -2.55. The summed E-state index contributed by atoms with van der Waals surface area (Å²) in [6.07, 6.45) is 1.80. The van der Waals surface area contributed by atoms with Gasteiger partial charge in [-0.15, -0.1) is 6.58 Å². The zero-order chi connectivity index (χ0) is 13.7. The second kappa shape index (κ2) is 5.87. The van der Waals surface area contributed by atoms with Crippen molar-refractivity contribution in [1.29, 1.82) is 0 Å². The number of hydrogen-bond donors (Lipinski definition) is 2. The van der Waals surface area contributed by atoms with Crippen molar-refractivity contribution in [1.82, 2.24) is 0 Å². The molecule has 0 fully saturated rings. The van der Waals surface area contributed by atoms with E-state index in [2.05, 4.69) is 11.9 Å². The highest BCUT2D eigenvalue weighted by Crippen LogP contribution is 2.21. The summed E-state index contributed by atoms with van der Waals surface area (Å²) in [5.41, 5.74) is 3.39. The average molecular weight is 253 g/mol. The lowest BCUT2D eigenvalue weighted by Crippen LogP contribution is -1.97. The Morgan fingerprint density at radius 3 is 2.05 bits per heavy atom. The molecule has 2 rings (SSSR count). The standard InChI is InChI=1S/C16H15NO2/c1-2-11-17-15-9-7-13(8-10-15)12-3-5-14(6-4-12)16(18)19/h2-10,17H,1,11H2,(H,18,19). The Bertz CT molecular complexity index is 571. The third-order valence-electron chi connectivity index (χ3n) is 2.80. The minimum atomic E-state index is -0.907. The molecule has 0 aromatic heterocycles. The van der Waals surface area contributed by atoms with Crippen LogP contribution >= 0.6 is 0 Å². The first kappa shape index (κ1) is 12.9. The van der Waals surface area contributed by atoms with Crippen LogP contribution in [0.2, 0.25) is 0 Å². The van der Waals surface area contributed by atoms with Crippen LogP contribution in [0.5, 0.6) is 0 Å². The molecule has 2 aromatic rings. The maximum absolute atomic E-state index is 10.8. The Kier molecular flexibility index (Phi) is 3.98. The van der Waals surface area contributed by atoms with Crippen molar-refractivity contribution in [3.8, 4) is 11.1 Å². The molecule has 0 aliphatic carbocycles. The molecule has 0 unspecified atom stereocenters. The van der Waals surface area contributed by atoms with Gasteiger partial charge < -0.3 is 10.4 Å². The maximum Gasteiger partial charge on any atom is 0.335 e. The molecule has 96 valence electrons. The minimum Gasteiger partial charge on any atom is -0.478 e. The predicted octanol–water partition coefficient (Wildman–Crippen LogP) is 3.65. The summed E-state index contributed by atoms with van der Waals surface area (Å²) >= 11 is 0. The fourth-order valence-electron chi connectivity index (χ4n) is 1.78. The van der Waals surface area contributed by atoms with Crippen LogP contribution in [0, 0.1) is 0 Å². The maximum atomic E-state index is 10.8. The molecule has 0 amide bonds. The second-order valence-electron chi connectivity index (χ2n) is 4.13. The van der Waals surface area contributed by atoms with Gasteiger partial charge in [-0.05, 0) is 35.4 Å². The molecule has 0 bridgehead atoms. The fourth-order valence-corrected chi connectivity index (χ4v) is 1.78. The van der Waals surface area contributed by atoms with Crippen molar-refractivity contribution in [2.45, 2.75) is 0 Å². The van der Waals surface area contributed by atoms with Crippen LogP contribution in [0.25, 0.3) is 11.1 Å². The first-order valence-corrected chi connectivity index (χ1v) is 5.99. The SMILES string of the molecule is C=CCNc1ccc(-c2ccc(C(=O)O)cc2)cc1. The first-order chi connectivity index (χ1) is 9.20. The highest BCUT2D eigenvalue weighted by molar-refractivity contribution is 5.88. The number of carbonyl (C=O) groups is 1. The van der Waals surface area contributed by atoms with Crippen LogP contribution in [-0.2, 0) is 0 Å². The Morgan fingerprint density at radius 2 is 1.58 bits per heavy atom. The topological polar surface area (TPSA) is 49.3 Å². The summed E-state index contributed by atoms with van der Waals surface area (Å²) in [4.78, 5) is 10.8. The molecule has 0 saturated carbocycles. The van der Waals surface area contributed by atoms with Crippen LogP contribution in [0.4, 0.5) is 5.69 Å². The summed E-state index contributed by atoms with van der Waals surface area (Å²) in [5, 5.41) is 12.1. The van der Waals surface area contributed by atoms with Crippen LogP contribution in [-0.4, -0.2) is 17.6 Å². The van der Waals surface area contributed by atoms with Gasteiger partial charge in [-0.3, -0.25) is 0 Å². The monoisotopic (exact) mass is 253 g/mol. The first-order valence-electron chi connectivity index (χ1n) is 5.99. The lowest BCUT2D eigenvalue weighted by molar-refractivity contribution is 0.0697. The predicted molar refractivity (Wildman–Crippen MR) is 77.5 cm³/mol. The normalized spacial score (nSPS) is 9.89. The van der Waals surface area contributed by atoms with Gasteiger partial charge in [0.25, 0.3) is 0 Å². The zero-order valence-electron chi connectivity index (χ0n) is 10.5. The number of rotatable bonds is 5. The van der Waals surface area contributed by atoms with E-state index in [1.54, 1.807) is 18.2 Å². The highest BCUT2D eigenvalue weighted by Gasteiger charge is 2.03. The molecule has 3 nitrogen and oxygen atoms in total. The van der Waals surface area contributed by atoms with E-state index in [4.69, 9.17) is 5.11 Å². The molecule has 0 atom stereocenters. The molecule has 19 heavy (non-hydrogen) atoms. The summed E-state index contributed by atoms with van der Waals surface area (Å²) in [7, 11) is 0. The lowest BCUT2D eigenvalue weighted by Gasteiger charge is -2.06. The molecule has 3 heteroatoms. The van der Waals surface area contributed by atoms with Crippen molar-refractivity contribution >= 4 is 11.7 Å². The molecule has 2 N–H and O–H groups in total. The largest absolute Gasteiger partial charge is 0.478 e. The van der Waals surface area contributed by atoms with Gasteiger partial charge in [-0.25, -0.2) is 4.79 Å². The van der Waals surface area contributed by atoms with Gasteiger partial charge in [0.2, 0.25) is 0 Å². The Balaban J connectivity index is 2.17. The van der Waals surface area contributed by atoms with Gasteiger partial charge in [-0.1, -0.05) is 30.3 Å². The number of benzene rings is 2. The van der Waals surface area contributed by atoms with Crippen LogP contribution < -0.4 is 5.32 Å². The van der Waals surface area contributed by atoms with Gasteiger partial charge in [0.05, 0.1) is 5.56 Å². The van der Waals surface area contributed by atoms with Crippen LogP contribution in [0.3, 0.4) is 0 Å². The van der Waals surface area contributed by atoms with Gasteiger partial charge >= 0.3 is 5.97 Å². The molecular weight excluding hydrogens is 238 g/mol. The van der Waals surface area contributed by atoms with Crippen LogP contribution in [0.1, 0.15) is 10.4 Å². The summed E-state index contributed by atoms with van der Waals surface area (Å²) in [6, 6.07) is 14.8. The van der Waals surface area contributed by atoms with E-state index in [1.165, 1.54) is 0 Å². The van der Waals surface area contributed by atoms with E-state index in [0.29, 0.717) is 5.56 Å². The molecule has 0 spiro atoms. The Labute approximate surface area is 112 Å². The minimum absolute atomic E-state index is 0.299. The van der Waals surface area contributed by atoms with Gasteiger partial charge in [0, 0.05) is 12.2 Å². The van der Waals surface area contributed by atoms with Crippen LogP contribution in [0.15, 0.2) is 61.2 Å². The molecule has 0 saturated heterocycles. The molecule has 0 aliphatic heterocycles. The fraction of sp³-hybridized carbons (Fsp3) is 0.0625. The third-order valence-corrected chi connectivity index (χ3v) is 2.80. The van der Waals surface area contributed by atoms with Crippen molar-refractivity contribution in [3.05, 3.63) is 66.7 Å². The van der Waals surface area contributed by atoms with Crippen molar-refractivity contribution < 1.29 is 9.90 Å². The van der Waals surface area contributed by atoms with Gasteiger partial charge in [0.1, 0.15) is 0 Å². The Morgan fingerprint density at radius 1 is 1.05 bits per heavy atom. The molecule has 0 heterocycles. The summed E-state index contributed by atoms with van der Waals surface area (Å²) in [6.45, 7) is 4.38. The quantitative estimate of drug-likeness (QED) is 0.800. The van der Waals surface area contributed by atoms with E-state index < -0.39 is 5.97 Å². The van der Waals surface area contributed by atoms with E-state index in [1.807, 2.05) is 36.4 Å². The van der Waals surface area contributed by atoms with E-state index in [0.717, 1.165) is 23.4 Å². The van der Waals surface area contributed by atoms with Crippen molar-refractivity contribution in [2.75, 3.05) is 11.9 Å². The van der Waals surface area contributed by atoms with Gasteiger partial charge in [0.15, 0.2) is 0 Å². The number of anilines is 1. The highest BCUT2D eigenvalue weighted by atomic mass is 16.4. The summed E-state index contributed by atoms with van der Waals surface area (Å²) in [5.74, 6) is -0.907. The summed E-state index contributed by atoms with van der Waals surface area (Å²) < 4.78 is 0. The average Bonchev–Trinajstić information content (AvgIpc) is 2.46. The molecule has 0 radical (unpaired) electrons. The third kappa shape index (κ3) is 3.22. The molecule has 0 aliphatic rings. The van der Waals surface area contributed by atoms with Gasteiger partial charge in [-0.2, -0.15) is 0 Å². The second-order valence-corrected chi connectivity index (χ2v) is 4.13. The smallest absolute Gasteiger partial charge is 0.335 e. The number of nitrogens with one attached hydrogen (secondary N) is 1. The van der Waals surface area contributed by atoms with E-state index >= 15 is 0 Å². The number of carboxylic acids is 1. The number of carboxylic acid groups (broad SMARTS) is 1.